The van der Waals surface area contributed by atoms with Gasteiger partial charge in [-0.05, 0) is 26.2 Å². The second-order valence-electron chi connectivity index (χ2n) is 5.04. The van der Waals surface area contributed by atoms with E-state index in [0.29, 0.717) is 38.4 Å². The Kier molecular flexibility index (Phi) is 6.25. The molecule has 106 valence electrons. The maximum atomic E-state index is 12.3. The molecule has 5 nitrogen and oxygen atoms in total. The molecule has 3 N–H and O–H groups in total. The molecule has 6 heteroatoms. The third-order valence-corrected chi connectivity index (χ3v) is 4.35. The average molecular weight is 276 g/mol. The average Bonchev–Trinajstić information content (AvgIpc) is 2.37. The van der Waals surface area contributed by atoms with Gasteiger partial charge in [-0.2, -0.15) is 0 Å². The lowest BCUT2D eigenvalue weighted by Crippen LogP contribution is -2.51. The molecule has 1 saturated heterocycles. The largest absolute Gasteiger partial charge is 0.381 e. The van der Waals surface area contributed by atoms with Crippen LogP contribution in [0.4, 0.5) is 0 Å². The number of ether oxygens (including phenoxy) is 1. The van der Waals surface area contributed by atoms with Gasteiger partial charge in [0.25, 0.3) is 0 Å². The summed E-state index contributed by atoms with van der Waals surface area (Å²) in [6, 6.07) is 0.0349. The number of rotatable bonds is 6. The van der Waals surface area contributed by atoms with Crippen molar-refractivity contribution in [3.8, 4) is 0 Å². The van der Waals surface area contributed by atoms with Crippen molar-refractivity contribution < 1.29 is 13.7 Å². The third kappa shape index (κ3) is 4.33. The summed E-state index contributed by atoms with van der Waals surface area (Å²) < 4.78 is 16.3. The van der Waals surface area contributed by atoms with E-state index in [1.165, 1.54) is 0 Å². The van der Waals surface area contributed by atoms with Gasteiger partial charge in [0.15, 0.2) is 0 Å². The van der Waals surface area contributed by atoms with Gasteiger partial charge in [-0.15, -0.1) is 0 Å². The fourth-order valence-electron chi connectivity index (χ4n) is 2.08. The SMILES string of the molecule is CC(CCS(C)=O)NC(=O)C1(CN)CCOCC1. The quantitative estimate of drug-likeness (QED) is 0.716. The van der Waals surface area contributed by atoms with Gasteiger partial charge in [0.05, 0.1) is 5.41 Å². The van der Waals surface area contributed by atoms with E-state index in [9.17, 15) is 9.00 Å². The van der Waals surface area contributed by atoms with Crippen molar-refractivity contribution in [3.05, 3.63) is 0 Å². The molecule has 18 heavy (non-hydrogen) atoms. The summed E-state index contributed by atoms with van der Waals surface area (Å²) >= 11 is 0. The summed E-state index contributed by atoms with van der Waals surface area (Å²) in [5, 5.41) is 2.99. The molecule has 1 aliphatic heterocycles. The van der Waals surface area contributed by atoms with Crippen molar-refractivity contribution in [1.29, 1.82) is 0 Å². The lowest BCUT2D eigenvalue weighted by Gasteiger charge is -2.35. The molecule has 0 spiro atoms. The van der Waals surface area contributed by atoms with Crippen LogP contribution in [0.3, 0.4) is 0 Å². The molecule has 0 radical (unpaired) electrons. The van der Waals surface area contributed by atoms with Crippen LogP contribution >= 0.6 is 0 Å². The van der Waals surface area contributed by atoms with E-state index < -0.39 is 16.2 Å². The van der Waals surface area contributed by atoms with Crippen LogP contribution in [0, 0.1) is 5.41 Å². The zero-order valence-corrected chi connectivity index (χ0v) is 12.1. The molecular weight excluding hydrogens is 252 g/mol. The predicted octanol–water partition coefficient (Wildman–Crippen LogP) is 0.0152. The molecule has 0 aromatic heterocycles. The van der Waals surface area contributed by atoms with E-state index in [-0.39, 0.29) is 11.9 Å². The van der Waals surface area contributed by atoms with E-state index in [1.54, 1.807) is 6.26 Å². The van der Waals surface area contributed by atoms with E-state index in [4.69, 9.17) is 10.5 Å². The molecule has 2 unspecified atom stereocenters. The first kappa shape index (κ1) is 15.6. The summed E-state index contributed by atoms with van der Waals surface area (Å²) in [4.78, 5) is 12.3. The van der Waals surface area contributed by atoms with Crippen LogP contribution in [0.2, 0.25) is 0 Å². The number of nitrogens with one attached hydrogen (secondary N) is 1. The van der Waals surface area contributed by atoms with E-state index in [1.807, 2.05) is 6.92 Å². The van der Waals surface area contributed by atoms with Gasteiger partial charge in [0.2, 0.25) is 5.91 Å². The predicted molar refractivity (Wildman–Crippen MR) is 72.7 cm³/mol. The second-order valence-corrected chi connectivity index (χ2v) is 6.59. The first-order valence-electron chi connectivity index (χ1n) is 6.39. The van der Waals surface area contributed by atoms with Gasteiger partial charge in [-0.1, -0.05) is 0 Å². The highest BCUT2D eigenvalue weighted by Gasteiger charge is 2.39. The number of amides is 1. The van der Waals surface area contributed by atoms with E-state index >= 15 is 0 Å². The van der Waals surface area contributed by atoms with E-state index in [0.717, 1.165) is 6.42 Å². The third-order valence-electron chi connectivity index (χ3n) is 3.54. The Bertz CT molecular complexity index is 304. The Balaban J connectivity index is 2.48. The molecule has 0 bridgehead atoms. The van der Waals surface area contributed by atoms with Gasteiger partial charge >= 0.3 is 0 Å². The normalized spacial score (nSPS) is 22.2. The molecule has 1 fully saturated rings. The van der Waals surface area contributed by atoms with Crippen LogP contribution in [0.25, 0.3) is 0 Å². The zero-order chi connectivity index (χ0) is 13.6. The van der Waals surface area contributed by atoms with Crippen LogP contribution in [0.15, 0.2) is 0 Å². The number of hydrogen-bond acceptors (Lipinski definition) is 4. The van der Waals surface area contributed by atoms with Gasteiger partial charge < -0.3 is 15.8 Å². The van der Waals surface area contributed by atoms with Crippen LogP contribution < -0.4 is 11.1 Å². The number of carbonyl (C=O) groups is 1. The monoisotopic (exact) mass is 276 g/mol. The van der Waals surface area contributed by atoms with Gasteiger partial charge in [-0.25, -0.2) is 0 Å². The minimum absolute atomic E-state index is 0.0164. The highest BCUT2D eigenvalue weighted by Crippen LogP contribution is 2.29. The summed E-state index contributed by atoms with van der Waals surface area (Å²) in [5.41, 5.74) is 5.30. The van der Waals surface area contributed by atoms with Crippen LogP contribution in [-0.2, 0) is 20.3 Å². The summed E-state index contributed by atoms with van der Waals surface area (Å²) in [6.07, 6.45) is 3.77. The zero-order valence-electron chi connectivity index (χ0n) is 11.2. The summed E-state index contributed by atoms with van der Waals surface area (Å²) in [6.45, 7) is 3.49. The smallest absolute Gasteiger partial charge is 0.227 e. The second kappa shape index (κ2) is 7.21. The first-order chi connectivity index (χ1) is 8.50. The van der Waals surface area contributed by atoms with Crippen LogP contribution in [0.1, 0.15) is 26.2 Å². The van der Waals surface area contributed by atoms with Crippen molar-refractivity contribution in [3.63, 3.8) is 0 Å². The Morgan fingerprint density at radius 2 is 2.11 bits per heavy atom. The fourth-order valence-corrected chi connectivity index (χ4v) is 2.76. The molecule has 1 aliphatic rings. The first-order valence-corrected chi connectivity index (χ1v) is 8.12. The molecule has 0 aliphatic carbocycles. The summed E-state index contributed by atoms with van der Waals surface area (Å²) in [5.74, 6) is 0.628. The van der Waals surface area contributed by atoms with Crippen LogP contribution in [0.5, 0.6) is 0 Å². The molecule has 1 amide bonds. The molecule has 0 saturated carbocycles. The van der Waals surface area contributed by atoms with Crippen molar-refractivity contribution in [2.24, 2.45) is 11.1 Å². The molecule has 2 atom stereocenters. The van der Waals surface area contributed by atoms with Crippen molar-refractivity contribution >= 4 is 16.7 Å². The van der Waals surface area contributed by atoms with Gasteiger partial charge in [-0.3, -0.25) is 9.00 Å². The molecular formula is C12H24N2O3S. The standard InChI is InChI=1S/C12H24N2O3S/c1-10(3-8-18(2)16)14-11(15)12(9-13)4-6-17-7-5-12/h10H,3-9,13H2,1-2H3,(H,14,15). The Labute approximate surface area is 111 Å². The lowest BCUT2D eigenvalue weighted by molar-refractivity contribution is -0.136. The maximum absolute atomic E-state index is 12.3. The van der Waals surface area contributed by atoms with Crippen molar-refractivity contribution in [1.82, 2.24) is 5.32 Å². The number of carbonyl (C=O) groups excluding carboxylic acids is 1. The minimum atomic E-state index is -0.814. The molecule has 0 aromatic carbocycles. The Hall–Kier alpha value is -0.460. The highest BCUT2D eigenvalue weighted by atomic mass is 32.2. The topological polar surface area (TPSA) is 81.4 Å². The number of hydrogen-bond donors (Lipinski definition) is 2. The molecule has 1 rings (SSSR count). The van der Waals surface area contributed by atoms with Crippen molar-refractivity contribution in [2.75, 3.05) is 31.8 Å². The molecule has 1 heterocycles. The maximum Gasteiger partial charge on any atom is 0.227 e. The Morgan fingerprint density at radius 1 is 1.50 bits per heavy atom. The lowest BCUT2D eigenvalue weighted by atomic mass is 9.79. The molecule has 0 aromatic rings. The van der Waals surface area contributed by atoms with Crippen molar-refractivity contribution in [2.45, 2.75) is 32.2 Å². The Morgan fingerprint density at radius 3 is 2.61 bits per heavy atom. The number of nitrogens with two attached hydrogens (primary N) is 1. The van der Waals surface area contributed by atoms with Gasteiger partial charge in [0, 0.05) is 48.6 Å². The summed E-state index contributed by atoms with van der Waals surface area (Å²) in [7, 11) is -0.814. The van der Waals surface area contributed by atoms with E-state index in [2.05, 4.69) is 5.32 Å². The minimum Gasteiger partial charge on any atom is -0.381 e. The van der Waals surface area contributed by atoms with Gasteiger partial charge in [0.1, 0.15) is 0 Å². The fraction of sp³-hybridized carbons (Fsp3) is 0.917. The highest BCUT2D eigenvalue weighted by molar-refractivity contribution is 7.84. The van der Waals surface area contributed by atoms with Crippen LogP contribution in [-0.4, -0.2) is 47.9 Å².